The molecule has 0 aliphatic heterocycles. The molecule has 1 N–H and O–H groups in total. The van der Waals surface area contributed by atoms with Gasteiger partial charge >= 0.3 is 0 Å². The van der Waals surface area contributed by atoms with E-state index in [0.717, 1.165) is 17.5 Å². The molecule has 1 aromatic carbocycles. The van der Waals surface area contributed by atoms with Crippen LogP contribution >= 0.6 is 11.3 Å². The number of aromatic nitrogens is 2. The van der Waals surface area contributed by atoms with Crippen LogP contribution in [0.2, 0.25) is 0 Å². The number of fused-ring (bicyclic) bond motifs is 1. The Bertz CT molecular complexity index is 731. The van der Waals surface area contributed by atoms with Gasteiger partial charge in [-0.25, -0.2) is 4.98 Å². The Labute approximate surface area is 121 Å². The van der Waals surface area contributed by atoms with Crippen LogP contribution in [0.4, 0.5) is 0 Å². The largest absolute Gasteiger partial charge is 0.352 e. The Morgan fingerprint density at radius 3 is 3.10 bits per heavy atom. The third-order valence-electron chi connectivity index (χ3n) is 3.22. The van der Waals surface area contributed by atoms with E-state index in [4.69, 9.17) is 0 Å². The number of thiophene rings is 1. The van der Waals surface area contributed by atoms with Gasteiger partial charge in [-0.3, -0.25) is 4.79 Å². The van der Waals surface area contributed by atoms with E-state index >= 15 is 0 Å². The van der Waals surface area contributed by atoms with Crippen molar-refractivity contribution in [1.29, 1.82) is 0 Å². The lowest BCUT2D eigenvalue weighted by molar-refractivity contribution is 0.0954. The number of carbonyl (C=O) groups excluding carboxylic acids is 1. The van der Waals surface area contributed by atoms with Gasteiger partial charge in [-0.15, -0.1) is 11.3 Å². The van der Waals surface area contributed by atoms with Gasteiger partial charge in [-0.2, -0.15) is 0 Å². The fourth-order valence-electron chi connectivity index (χ4n) is 2.13. The van der Waals surface area contributed by atoms with Crippen LogP contribution in [0, 0.1) is 0 Å². The number of aryl methyl sites for hydroxylation is 1. The van der Waals surface area contributed by atoms with Gasteiger partial charge in [-0.1, -0.05) is 6.07 Å². The van der Waals surface area contributed by atoms with E-state index in [1.54, 1.807) is 17.7 Å². The van der Waals surface area contributed by atoms with Crippen LogP contribution in [0.5, 0.6) is 0 Å². The molecule has 20 heavy (non-hydrogen) atoms. The van der Waals surface area contributed by atoms with Crippen molar-refractivity contribution in [2.75, 3.05) is 6.54 Å². The van der Waals surface area contributed by atoms with Gasteiger partial charge in [0.05, 0.1) is 17.4 Å². The Balaban J connectivity index is 1.66. The van der Waals surface area contributed by atoms with Crippen molar-refractivity contribution in [3.63, 3.8) is 0 Å². The summed E-state index contributed by atoms with van der Waals surface area (Å²) in [4.78, 5) is 17.6. The zero-order valence-corrected chi connectivity index (χ0v) is 12.0. The van der Waals surface area contributed by atoms with E-state index in [2.05, 4.69) is 16.4 Å². The normalized spacial score (nSPS) is 10.8. The second-order valence-corrected chi connectivity index (χ2v) is 5.68. The maximum atomic E-state index is 12.1. The van der Waals surface area contributed by atoms with E-state index < -0.39 is 0 Å². The molecule has 0 fully saturated rings. The molecular formula is C15H15N3OS. The standard InChI is InChI=1S/C15H15N3OS/c1-18-10-17-13-9-11(4-5-14(13)18)15(19)16-7-6-12-3-2-8-20-12/h2-5,8-10H,6-7H2,1H3,(H,16,19). The summed E-state index contributed by atoms with van der Waals surface area (Å²) in [5.41, 5.74) is 2.53. The van der Waals surface area contributed by atoms with Gasteiger partial charge in [0.2, 0.25) is 0 Å². The lowest BCUT2D eigenvalue weighted by atomic mass is 10.2. The van der Waals surface area contributed by atoms with Crippen molar-refractivity contribution in [3.8, 4) is 0 Å². The lowest BCUT2D eigenvalue weighted by Crippen LogP contribution is -2.25. The average molecular weight is 285 g/mol. The summed E-state index contributed by atoms with van der Waals surface area (Å²) in [6.45, 7) is 0.652. The maximum absolute atomic E-state index is 12.1. The van der Waals surface area contributed by atoms with Gasteiger partial charge in [0.15, 0.2) is 0 Å². The van der Waals surface area contributed by atoms with Crippen LogP contribution in [0.25, 0.3) is 11.0 Å². The number of amides is 1. The maximum Gasteiger partial charge on any atom is 0.251 e. The van der Waals surface area contributed by atoms with Crippen LogP contribution in [0.15, 0.2) is 42.0 Å². The van der Waals surface area contributed by atoms with Gasteiger partial charge < -0.3 is 9.88 Å². The highest BCUT2D eigenvalue weighted by molar-refractivity contribution is 7.09. The predicted octanol–water partition coefficient (Wildman–Crippen LogP) is 2.61. The molecule has 4 nitrogen and oxygen atoms in total. The average Bonchev–Trinajstić information content (AvgIpc) is 3.09. The van der Waals surface area contributed by atoms with E-state index in [1.807, 2.05) is 41.3 Å². The first-order valence-electron chi connectivity index (χ1n) is 6.46. The number of hydrogen-bond acceptors (Lipinski definition) is 3. The minimum atomic E-state index is -0.0471. The van der Waals surface area contributed by atoms with Gasteiger partial charge in [0.1, 0.15) is 0 Å². The van der Waals surface area contributed by atoms with Gasteiger partial charge in [-0.05, 0) is 36.1 Å². The number of carbonyl (C=O) groups is 1. The molecule has 0 atom stereocenters. The molecule has 5 heteroatoms. The molecule has 2 aromatic heterocycles. The lowest BCUT2D eigenvalue weighted by Gasteiger charge is -2.04. The smallest absolute Gasteiger partial charge is 0.251 e. The van der Waals surface area contributed by atoms with E-state index in [9.17, 15) is 4.79 Å². The van der Waals surface area contributed by atoms with Crippen LogP contribution in [-0.2, 0) is 13.5 Å². The van der Waals surface area contributed by atoms with E-state index in [1.165, 1.54) is 4.88 Å². The third kappa shape index (κ3) is 2.58. The van der Waals surface area contributed by atoms with Crippen LogP contribution in [0.1, 0.15) is 15.2 Å². The first-order chi connectivity index (χ1) is 9.74. The SMILES string of the molecule is Cn1cnc2cc(C(=O)NCCc3cccs3)ccc21. The Morgan fingerprint density at radius 1 is 1.40 bits per heavy atom. The highest BCUT2D eigenvalue weighted by Crippen LogP contribution is 2.14. The molecule has 3 rings (SSSR count). The topological polar surface area (TPSA) is 46.9 Å². The van der Waals surface area contributed by atoms with Gasteiger partial charge in [0.25, 0.3) is 5.91 Å². The molecule has 3 aromatic rings. The zero-order valence-electron chi connectivity index (χ0n) is 11.2. The summed E-state index contributed by atoms with van der Waals surface area (Å²) in [5.74, 6) is -0.0471. The molecule has 0 unspecified atom stereocenters. The van der Waals surface area contributed by atoms with Crippen LogP contribution in [-0.4, -0.2) is 22.0 Å². The summed E-state index contributed by atoms with van der Waals surface area (Å²) >= 11 is 1.71. The number of imidazole rings is 1. The minimum absolute atomic E-state index is 0.0471. The predicted molar refractivity (Wildman–Crippen MR) is 81.1 cm³/mol. The summed E-state index contributed by atoms with van der Waals surface area (Å²) in [6, 6.07) is 9.70. The Morgan fingerprint density at radius 2 is 2.30 bits per heavy atom. The van der Waals surface area contributed by atoms with Crippen LogP contribution in [0.3, 0.4) is 0 Å². The number of nitrogens with zero attached hydrogens (tertiary/aromatic N) is 2. The van der Waals surface area contributed by atoms with Crippen molar-refractivity contribution in [1.82, 2.24) is 14.9 Å². The summed E-state index contributed by atoms with van der Waals surface area (Å²) in [6.07, 6.45) is 2.62. The van der Waals surface area contributed by atoms with Crippen molar-refractivity contribution in [3.05, 3.63) is 52.5 Å². The molecule has 0 aliphatic carbocycles. The van der Waals surface area contributed by atoms with Crippen molar-refractivity contribution >= 4 is 28.3 Å². The van der Waals surface area contributed by atoms with E-state index in [0.29, 0.717) is 12.1 Å². The highest BCUT2D eigenvalue weighted by Gasteiger charge is 2.08. The molecule has 1 amide bonds. The Hall–Kier alpha value is -2.14. The van der Waals surface area contributed by atoms with Gasteiger partial charge in [0, 0.05) is 24.0 Å². The number of benzene rings is 1. The molecule has 0 saturated heterocycles. The minimum Gasteiger partial charge on any atom is -0.352 e. The highest BCUT2D eigenvalue weighted by atomic mass is 32.1. The van der Waals surface area contributed by atoms with Crippen LogP contribution < -0.4 is 5.32 Å². The first-order valence-corrected chi connectivity index (χ1v) is 7.33. The molecule has 2 heterocycles. The molecule has 0 bridgehead atoms. The van der Waals surface area contributed by atoms with Crippen molar-refractivity contribution < 1.29 is 4.79 Å². The second kappa shape index (κ2) is 5.46. The molecular weight excluding hydrogens is 270 g/mol. The molecule has 0 aliphatic rings. The molecule has 102 valence electrons. The summed E-state index contributed by atoms with van der Waals surface area (Å²) in [7, 11) is 1.94. The second-order valence-electron chi connectivity index (χ2n) is 4.64. The number of nitrogens with one attached hydrogen (secondary N) is 1. The third-order valence-corrected chi connectivity index (χ3v) is 4.16. The molecule has 0 radical (unpaired) electrons. The molecule has 0 saturated carbocycles. The Kier molecular flexibility index (Phi) is 3.52. The monoisotopic (exact) mass is 285 g/mol. The summed E-state index contributed by atoms with van der Waals surface area (Å²) in [5, 5.41) is 4.99. The number of rotatable bonds is 4. The summed E-state index contributed by atoms with van der Waals surface area (Å²) < 4.78 is 1.94. The first kappa shape index (κ1) is 12.9. The van der Waals surface area contributed by atoms with Crippen molar-refractivity contribution in [2.45, 2.75) is 6.42 Å². The van der Waals surface area contributed by atoms with Crippen molar-refractivity contribution in [2.24, 2.45) is 7.05 Å². The fourth-order valence-corrected chi connectivity index (χ4v) is 2.84. The zero-order chi connectivity index (χ0) is 13.9. The molecule has 0 spiro atoms. The quantitative estimate of drug-likeness (QED) is 0.801. The fraction of sp³-hybridized carbons (Fsp3) is 0.200. The van der Waals surface area contributed by atoms with E-state index in [-0.39, 0.29) is 5.91 Å². The number of hydrogen-bond donors (Lipinski definition) is 1.